The zero-order valence-electron chi connectivity index (χ0n) is 13.8. The Hall–Kier alpha value is -2.43. The average molecular weight is 325 g/mol. The van der Waals surface area contributed by atoms with Crippen molar-refractivity contribution < 1.29 is 9.53 Å². The summed E-state index contributed by atoms with van der Waals surface area (Å²) in [6.45, 7) is 0.441. The molecule has 1 fully saturated rings. The Kier molecular flexibility index (Phi) is 5.77. The molecule has 2 aromatic heterocycles. The third-order valence-electron chi connectivity index (χ3n) is 4.24. The lowest BCUT2D eigenvalue weighted by atomic mass is 10.2. The molecule has 1 aliphatic carbocycles. The molecule has 0 aliphatic heterocycles. The van der Waals surface area contributed by atoms with Gasteiger partial charge in [0.15, 0.2) is 0 Å². The molecule has 2 heterocycles. The molecular weight excluding hydrogens is 302 g/mol. The topological polar surface area (TPSA) is 64.1 Å². The SMILES string of the molecule is O=C(CCc1ccccn1)NCc1cccnc1OC1CCCC1. The molecule has 1 N–H and O–H groups in total. The summed E-state index contributed by atoms with van der Waals surface area (Å²) >= 11 is 0. The van der Waals surface area contributed by atoms with Crippen LogP contribution in [-0.2, 0) is 17.8 Å². The minimum Gasteiger partial charge on any atom is -0.474 e. The van der Waals surface area contributed by atoms with Crippen molar-refractivity contribution in [3.63, 3.8) is 0 Å². The fourth-order valence-electron chi connectivity index (χ4n) is 2.90. The summed E-state index contributed by atoms with van der Waals surface area (Å²) in [4.78, 5) is 20.6. The molecule has 1 aliphatic rings. The predicted octanol–water partition coefficient (Wildman–Crippen LogP) is 3.05. The van der Waals surface area contributed by atoms with Gasteiger partial charge in [-0.25, -0.2) is 4.98 Å². The molecule has 0 radical (unpaired) electrons. The summed E-state index contributed by atoms with van der Waals surface area (Å²) in [6.07, 6.45) is 9.43. The highest BCUT2D eigenvalue weighted by molar-refractivity contribution is 5.76. The van der Waals surface area contributed by atoms with Gasteiger partial charge in [-0.1, -0.05) is 12.1 Å². The molecule has 1 amide bonds. The highest BCUT2D eigenvalue weighted by Gasteiger charge is 2.18. The Morgan fingerprint density at radius 1 is 1.12 bits per heavy atom. The quantitative estimate of drug-likeness (QED) is 0.850. The highest BCUT2D eigenvalue weighted by atomic mass is 16.5. The fourth-order valence-corrected chi connectivity index (χ4v) is 2.90. The second-order valence-corrected chi connectivity index (χ2v) is 6.09. The standard InChI is InChI=1S/C19H23N3O2/c23-18(11-10-16-7-3-4-12-20-16)22-14-15-6-5-13-21-19(15)24-17-8-1-2-9-17/h3-7,12-13,17H,1-2,8-11,14H2,(H,22,23). The summed E-state index contributed by atoms with van der Waals surface area (Å²) < 4.78 is 6.00. The maximum atomic E-state index is 12.0. The normalized spacial score (nSPS) is 14.5. The van der Waals surface area contributed by atoms with Crippen LogP contribution >= 0.6 is 0 Å². The number of hydrogen-bond acceptors (Lipinski definition) is 4. The lowest BCUT2D eigenvalue weighted by Crippen LogP contribution is -2.24. The Labute approximate surface area is 142 Å². The smallest absolute Gasteiger partial charge is 0.220 e. The summed E-state index contributed by atoms with van der Waals surface area (Å²) in [5.74, 6) is 0.658. The molecule has 126 valence electrons. The molecule has 0 spiro atoms. The highest BCUT2D eigenvalue weighted by Crippen LogP contribution is 2.24. The minimum atomic E-state index is 0.0105. The van der Waals surface area contributed by atoms with Crippen molar-refractivity contribution in [2.45, 2.75) is 51.2 Å². The number of aromatic nitrogens is 2. The Morgan fingerprint density at radius 3 is 2.75 bits per heavy atom. The summed E-state index contributed by atoms with van der Waals surface area (Å²) in [6, 6.07) is 9.56. The lowest BCUT2D eigenvalue weighted by molar-refractivity contribution is -0.121. The van der Waals surface area contributed by atoms with E-state index in [1.165, 1.54) is 12.8 Å². The number of nitrogens with one attached hydrogen (secondary N) is 1. The Balaban J connectivity index is 1.49. The minimum absolute atomic E-state index is 0.0105. The molecule has 3 rings (SSSR count). The number of carbonyl (C=O) groups is 1. The van der Waals surface area contributed by atoms with E-state index in [1.807, 2.05) is 30.3 Å². The zero-order valence-corrected chi connectivity index (χ0v) is 13.8. The first-order valence-corrected chi connectivity index (χ1v) is 8.58. The Bertz CT molecular complexity index is 655. The van der Waals surface area contributed by atoms with Crippen molar-refractivity contribution in [2.24, 2.45) is 0 Å². The van der Waals surface area contributed by atoms with Crippen LogP contribution in [0.1, 0.15) is 43.4 Å². The van der Waals surface area contributed by atoms with Crippen molar-refractivity contribution in [1.82, 2.24) is 15.3 Å². The Morgan fingerprint density at radius 2 is 1.96 bits per heavy atom. The van der Waals surface area contributed by atoms with Crippen LogP contribution < -0.4 is 10.1 Å². The van der Waals surface area contributed by atoms with Gasteiger partial charge in [0.25, 0.3) is 0 Å². The second kappa shape index (κ2) is 8.43. The molecule has 0 bridgehead atoms. The monoisotopic (exact) mass is 325 g/mol. The first-order chi connectivity index (χ1) is 11.8. The van der Waals surface area contributed by atoms with E-state index in [0.717, 1.165) is 24.1 Å². The van der Waals surface area contributed by atoms with E-state index in [2.05, 4.69) is 15.3 Å². The lowest BCUT2D eigenvalue weighted by Gasteiger charge is -2.15. The van der Waals surface area contributed by atoms with Gasteiger partial charge in [-0.15, -0.1) is 0 Å². The van der Waals surface area contributed by atoms with Crippen LogP contribution in [-0.4, -0.2) is 22.0 Å². The number of carbonyl (C=O) groups excluding carboxylic acids is 1. The van der Waals surface area contributed by atoms with Crippen molar-refractivity contribution in [3.8, 4) is 5.88 Å². The molecule has 5 nitrogen and oxygen atoms in total. The number of amides is 1. The maximum Gasteiger partial charge on any atom is 0.220 e. The van der Waals surface area contributed by atoms with Crippen molar-refractivity contribution in [3.05, 3.63) is 54.0 Å². The number of nitrogens with zero attached hydrogens (tertiary/aromatic N) is 2. The molecule has 0 saturated heterocycles. The van der Waals surface area contributed by atoms with Crippen LogP contribution in [0.25, 0.3) is 0 Å². The van der Waals surface area contributed by atoms with Crippen LogP contribution in [0.5, 0.6) is 5.88 Å². The molecule has 0 atom stereocenters. The van der Waals surface area contributed by atoms with Crippen molar-refractivity contribution in [2.75, 3.05) is 0 Å². The summed E-state index contributed by atoms with van der Waals surface area (Å²) in [5, 5.41) is 2.95. The number of ether oxygens (including phenoxy) is 1. The maximum absolute atomic E-state index is 12.0. The van der Waals surface area contributed by atoms with Crippen LogP contribution in [0.4, 0.5) is 0 Å². The molecular formula is C19H23N3O2. The number of rotatable bonds is 7. The van der Waals surface area contributed by atoms with Gasteiger partial charge in [-0.05, 0) is 50.3 Å². The van der Waals surface area contributed by atoms with Crippen molar-refractivity contribution >= 4 is 5.91 Å². The second-order valence-electron chi connectivity index (χ2n) is 6.09. The van der Waals surface area contributed by atoms with E-state index in [-0.39, 0.29) is 12.0 Å². The molecule has 0 aromatic carbocycles. The van der Waals surface area contributed by atoms with Crippen molar-refractivity contribution in [1.29, 1.82) is 0 Å². The van der Waals surface area contributed by atoms with Gasteiger partial charge in [0.1, 0.15) is 6.10 Å². The van der Waals surface area contributed by atoms with Gasteiger partial charge in [0, 0.05) is 36.6 Å². The first kappa shape index (κ1) is 16.4. The molecule has 0 unspecified atom stereocenters. The van der Waals surface area contributed by atoms with Crippen LogP contribution in [0, 0.1) is 0 Å². The average Bonchev–Trinajstić information content (AvgIpc) is 3.13. The third kappa shape index (κ3) is 4.78. The van der Waals surface area contributed by atoms with E-state index in [4.69, 9.17) is 4.74 Å². The molecule has 5 heteroatoms. The fraction of sp³-hybridized carbons (Fsp3) is 0.421. The zero-order chi connectivity index (χ0) is 16.6. The van der Waals surface area contributed by atoms with E-state index in [9.17, 15) is 4.79 Å². The van der Waals surface area contributed by atoms with Crippen LogP contribution in [0.15, 0.2) is 42.7 Å². The predicted molar refractivity (Wildman–Crippen MR) is 91.5 cm³/mol. The van der Waals surface area contributed by atoms with E-state index >= 15 is 0 Å². The van der Waals surface area contributed by atoms with Gasteiger partial charge in [-0.3, -0.25) is 9.78 Å². The van der Waals surface area contributed by atoms with Gasteiger partial charge in [0.2, 0.25) is 11.8 Å². The van der Waals surface area contributed by atoms with E-state index < -0.39 is 0 Å². The molecule has 24 heavy (non-hydrogen) atoms. The molecule has 1 saturated carbocycles. The first-order valence-electron chi connectivity index (χ1n) is 8.58. The summed E-state index contributed by atoms with van der Waals surface area (Å²) in [5.41, 5.74) is 1.86. The molecule has 2 aromatic rings. The number of hydrogen-bond donors (Lipinski definition) is 1. The summed E-state index contributed by atoms with van der Waals surface area (Å²) in [7, 11) is 0. The van der Waals surface area contributed by atoms with E-state index in [1.54, 1.807) is 12.4 Å². The van der Waals surface area contributed by atoms with Crippen LogP contribution in [0.3, 0.4) is 0 Å². The van der Waals surface area contributed by atoms with Crippen LogP contribution in [0.2, 0.25) is 0 Å². The van der Waals surface area contributed by atoms with Gasteiger partial charge in [0.05, 0.1) is 0 Å². The number of aryl methyl sites for hydroxylation is 1. The largest absolute Gasteiger partial charge is 0.474 e. The van der Waals surface area contributed by atoms with E-state index in [0.29, 0.717) is 25.3 Å². The van der Waals surface area contributed by atoms with Gasteiger partial charge in [-0.2, -0.15) is 0 Å². The number of pyridine rings is 2. The third-order valence-corrected chi connectivity index (χ3v) is 4.24. The van der Waals surface area contributed by atoms with Gasteiger partial charge < -0.3 is 10.1 Å². The van der Waals surface area contributed by atoms with Gasteiger partial charge >= 0.3 is 0 Å².